The highest BCUT2D eigenvalue weighted by Crippen LogP contribution is 2.39. The van der Waals surface area contributed by atoms with Crippen LogP contribution in [0.25, 0.3) is 0 Å². The molecule has 0 amide bonds. The van der Waals surface area contributed by atoms with Crippen molar-refractivity contribution >= 4 is 0 Å². The third-order valence-corrected chi connectivity index (χ3v) is 5.91. The summed E-state index contributed by atoms with van der Waals surface area (Å²) in [5.41, 5.74) is 1.57. The lowest BCUT2D eigenvalue weighted by molar-refractivity contribution is -0.116. The second kappa shape index (κ2) is 6.73. The van der Waals surface area contributed by atoms with E-state index in [0.29, 0.717) is 6.04 Å². The fourth-order valence-electron chi connectivity index (χ4n) is 5.00. The fourth-order valence-corrected chi connectivity index (χ4v) is 5.00. The standard InChI is InChI=1S/C19H29N3O2/c23-8-4-7-20-11-17-9-18(24)12-22(17)19(13-20)14-21(15-19)10-16-5-2-1-3-6-16/h1-3,5-6,17-18,23-24H,4,7-15H2/t17-,18+/m0/s1. The molecule has 0 bridgehead atoms. The number of benzene rings is 1. The summed E-state index contributed by atoms with van der Waals surface area (Å²) < 4.78 is 0. The maximum atomic E-state index is 10.2. The van der Waals surface area contributed by atoms with E-state index in [1.54, 1.807) is 0 Å². The van der Waals surface area contributed by atoms with Gasteiger partial charge < -0.3 is 10.2 Å². The zero-order chi connectivity index (χ0) is 16.6. The van der Waals surface area contributed by atoms with Gasteiger partial charge in [-0.3, -0.25) is 14.7 Å². The van der Waals surface area contributed by atoms with E-state index in [0.717, 1.165) is 58.7 Å². The highest BCUT2D eigenvalue weighted by molar-refractivity contribution is 5.18. The molecule has 4 rings (SSSR count). The summed E-state index contributed by atoms with van der Waals surface area (Å²) in [6.45, 7) is 7.36. The van der Waals surface area contributed by atoms with Gasteiger partial charge in [0.2, 0.25) is 0 Å². The van der Waals surface area contributed by atoms with Gasteiger partial charge in [-0.15, -0.1) is 0 Å². The number of nitrogens with zero attached hydrogens (tertiary/aromatic N) is 3. The highest BCUT2D eigenvalue weighted by atomic mass is 16.3. The van der Waals surface area contributed by atoms with E-state index in [9.17, 15) is 5.11 Å². The first-order chi connectivity index (χ1) is 11.7. The fraction of sp³-hybridized carbons (Fsp3) is 0.684. The van der Waals surface area contributed by atoms with E-state index >= 15 is 0 Å². The molecule has 2 atom stereocenters. The summed E-state index contributed by atoms with van der Waals surface area (Å²) in [7, 11) is 0. The number of rotatable bonds is 5. The summed E-state index contributed by atoms with van der Waals surface area (Å²) in [6, 6.07) is 11.1. The van der Waals surface area contributed by atoms with Crippen LogP contribution in [0.15, 0.2) is 30.3 Å². The first-order valence-electron chi connectivity index (χ1n) is 9.23. The van der Waals surface area contributed by atoms with Crippen molar-refractivity contribution in [2.75, 3.05) is 45.9 Å². The van der Waals surface area contributed by atoms with Crippen LogP contribution in [0.4, 0.5) is 0 Å². The molecule has 1 spiro atoms. The average Bonchev–Trinajstić information content (AvgIpc) is 2.93. The molecule has 0 saturated carbocycles. The summed E-state index contributed by atoms with van der Waals surface area (Å²) in [4.78, 5) is 7.62. The van der Waals surface area contributed by atoms with Gasteiger partial charge in [-0.1, -0.05) is 30.3 Å². The molecule has 3 fully saturated rings. The van der Waals surface area contributed by atoms with Crippen molar-refractivity contribution in [3.05, 3.63) is 35.9 Å². The largest absolute Gasteiger partial charge is 0.396 e. The molecular weight excluding hydrogens is 302 g/mol. The van der Waals surface area contributed by atoms with Crippen LogP contribution >= 0.6 is 0 Å². The minimum absolute atomic E-state index is 0.173. The Morgan fingerprint density at radius 2 is 1.79 bits per heavy atom. The monoisotopic (exact) mass is 331 g/mol. The van der Waals surface area contributed by atoms with E-state index < -0.39 is 0 Å². The number of hydrogen-bond donors (Lipinski definition) is 2. The van der Waals surface area contributed by atoms with E-state index in [4.69, 9.17) is 5.11 Å². The van der Waals surface area contributed by atoms with Crippen LogP contribution in [0.2, 0.25) is 0 Å². The van der Waals surface area contributed by atoms with Crippen LogP contribution in [0.5, 0.6) is 0 Å². The predicted molar refractivity (Wildman–Crippen MR) is 93.7 cm³/mol. The Morgan fingerprint density at radius 1 is 1.04 bits per heavy atom. The Balaban J connectivity index is 1.42. The topological polar surface area (TPSA) is 50.2 Å². The van der Waals surface area contributed by atoms with Crippen molar-refractivity contribution in [3.63, 3.8) is 0 Å². The van der Waals surface area contributed by atoms with Crippen LogP contribution in [0.3, 0.4) is 0 Å². The summed E-state index contributed by atoms with van der Waals surface area (Å²) in [5, 5.41) is 19.3. The van der Waals surface area contributed by atoms with Crippen molar-refractivity contribution in [1.29, 1.82) is 0 Å². The number of aliphatic hydroxyl groups excluding tert-OH is 2. The molecule has 3 heterocycles. The number of β-amino-alcohol motifs (C(OH)–C–C–N with tert-alkyl or cyclic N) is 1. The Kier molecular flexibility index (Phi) is 4.62. The summed E-state index contributed by atoms with van der Waals surface area (Å²) in [5.74, 6) is 0. The Hall–Kier alpha value is -0.980. The average molecular weight is 331 g/mol. The first kappa shape index (κ1) is 16.5. The smallest absolute Gasteiger partial charge is 0.0682 e. The lowest BCUT2D eigenvalue weighted by atomic mass is 9.83. The van der Waals surface area contributed by atoms with E-state index in [1.165, 1.54) is 5.56 Å². The van der Waals surface area contributed by atoms with Crippen molar-refractivity contribution < 1.29 is 10.2 Å². The number of hydrogen-bond acceptors (Lipinski definition) is 5. The maximum absolute atomic E-state index is 10.2. The van der Waals surface area contributed by atoms with Crippen LogP contribution in [-0.2, 0) is 6.54 Å². The van der Waals surface area contributed by atoms with Crippen molar-refractivity contribution in [3.8, 4) is 0 Å². The highest BCUT2D eigenvalue weighted by Gasteiger charge is 2.55. The van der Waals surface area contributed by atoms with Crippen LogP contribution in [0.1, 0.15) is 18.4 Å². The number of fused-ring (bicyclic) bond motifs is 2. The van der Waals surface area contributed by atoms with Gasteiger partial charge >= 0.3 is 0 Å². The number of piperazine rings is 1. The molecule has 5 nitrogen and oxygen atoms in total. The normalized spacial score (nSPS) is 30.4. The molecule has 5 heteroatoms. The molecule has 3 aliphatic rings. The van der Waals surface area contributed by atoms with Crippen molar-refractivity contribution in [2.45, 2.75) is 37.1 Å². The molecule has 3 aliphatic heterocycles. The Labute approximate surface area is 144 Å². The molecule has 1 aromatic rings. The van der Waals surface area contributed by atoms with Gasteiger partial charge in [-0.25, -0.2) is 0 Å². The molecule has 0 aromatic heterocycles. The molecule has 2 N–H and O–H groups in total. The van der Waals surface area contributed by atoms with E-state index in [2.05, 4.69) is 45.0 Å². The molecule has 1 aromatic carbocycles. The summed E-state index contributed by atoms with van der Waals surface area (Å²) in [6.07, 6.45) is 1.57. The number of likely N-dealkylation sites (tertiary alicyclic amines) is 1. The van der Waals surface area contributed by atoms with Gasteiger partial charge in [0.05, 0.1) is 11.6 Å². The maximum Gasteiger partial charge on any atom is 0.0682 e. The second-order valence-electron chi connectivity index (χ2n) is 7.86. The van der Waals surface area contributed by atoms with Gasteiger partial charge in [0.1, 0.15) is 0 Å². The molecule has 0 unspecified atom stereocenters. The van der Waals surface area contributed by atoms with Crippen LogP contribution in [0, 0.1) is 0 Å². The zero-order valence-electron chi connectivity index (χ0n) is 14.3. The third kappa shape index (κ3) is 3.11. The number of aliphatic hydroxyl groups is 2. The van der Waals surface area contributed by atoms with Gasteiger partial charge in [0, 0.05) is 58.5 Å². The minimum Gasteiger partial charge on any atom is -0.396 e. The minimum atomic E-state index is -0.173. The molecule has 132 valence electrons. The van der Waals surface area contributed by atoms with Crippen molar-refractivity contribution in [2.24, 2.45) is 0 Å². The second-order valence-corrected chi connectivity index (χ2v) is 7.86. The quantitative estimate of drug-likeness (QED) is 0.817. The molecule has 0 aliphatic carbocycles. The van der Waals surface area contributed by atoms with Crippen LogP contribution in [-0.4, -0.2) is 88.5 Å². The third-order valence-electron chi connectivity index (χ3n) is 5.91. The first-order valence-corrected chi connectivity index (χ1v) is 9.23. The SMILES string of the molecule is OCCCN1C[C@@H]2C[C@@H](O)CN2C2(C1)CN(Cc1ccccc1)C2. The van der Waals surface area contributed by atoms with Crippen LogP contribution < -0.4 is 0 Å². The predicted octanol–water partition coefficient (Wildman–Crippen LogP) is 0.374. The van der Waals surface area contributed by atoms with E-state index in [-0.39, 0.29) is 18.2 Å². The van der Waals surface area contributed by atoms with Gasteiger partial charge in [-0.2, -0.15) is 0 Å². The zero-order valence-corrected chi connectivity index (χ0v) is 14.3. The van der Waals surface area contributed by atoms with Gasteiger partial charge in [0.25, 0.3) is 0 Å². The molecular formula is C19H29N3O2. The van der Waals surface area contributed by atoms with Crippen molar-refractivity contribution in [1.82, 2.24) is 14.7 Å². The van der Waals surface area contributed by atoms with Gasteiger partial charge in [0.15, 0.2) is 0 Å². The Morgan fingerprint density at radius 3 is 2.54 bits per heavy atom. The van der Waals surface area contributed by atoms with Gasteiger partial charge in [-0.05, 0) is 18.4 Å². The lowest BCUT2D eigenvalue weighted by Gasteiger charge is -2.61. The molecule has 3 saturated heterocycles. The van der Waals surface area contributed by atoms with E-state index in [1.807, 2.05) is 0 Å². The lowest BCUT2D eigenvalue weighted by Crippen LogP contribution is -2.77. The molecule has 24 heavy (non-hydrogen) atoms. The Bertz CT molecular complexity index is 547. The summed E-state index contributed by atoms with van der Waals surface area (Å²) >= 11 is 0. The molecule has 0 radical (unpaired) electrons.